The Hall–Kier alpha value is -4.87. The second-order valence-corrected chi connectivity index (χ2v) is 11.1. The van der Waals surface area contributed by atoms with Crippen LogP contribution in [0.1, 0.15) is 33.7 Å². The zero-order chi connectivity index (χ0) is 31.2. The van der Waals surface area contributed by atoms with Crippen LogP contribution in [0.3, 0.4) is 0 Å². The Kier molecular flexibility index (Phi) is 7.42. The maximum atomic E-state index is 15.5. The number of ether oxygens (including phenoxy) is 2. The minimum absolute atomic E-state index is 0.00470. The van der Waals surface area contributed by atoms with Gasteiger partial charge in [-0.25, -0.2) is 27.9 Å². The van der Waals surface area contributed by atoms with Crippen molar-refractivity contribution >= 4 is 39.6 Å². The number of carbonyl (C=O) groups is 1. The monoisotopic (exact) mass is 633 g/mol. The second-order valence-electron chi connectivity index (χ2n) is 10.7. The van der Waals surface area contributed by atoms with Gasteiger partial charge in [-0.3, -0.25) is 0 Å². The highest BCUT2D eigenvalue weighted by atomic mass is 35.5. The molecule has 0 bridgehead atoms. The third-order valence-electron chi connectivity index (χ3n) is 7.81. The van der Waals surface area contributed by atoms with Crippen molar-refractivity contribution in [1.82, 2.24) is 14.5 Å². The number of pyridine rings is 1. The van der Waals surface area contributed by atoms with E-state index in [1.165, 1.54) is 42.5 Å². The van der Waals surface area contributed by atoms with E-state index in [1.54, 1.807) is 24.3 Å². The van der Waals surface area contributed by atoms with Crippen LogP contribution in [0.2, 0.25) is 5.22 Å². The minimum Gasteiger partial charge on any atom is -0.478 e. The van der Waals surface area contributed by atoms with E-state index < -0.39 is 23.4 Å². The molecule has 4 heterocycles. The number of hydrogen-bond donors (Lipinski definition) is 1. The Morgan fingerprint density at radius 3 is 2.53 bits per heavy atom. The predicted molar refractivity (Wildman–Crippen MR) is 159 cm³/mol. The Morgan fingerprint density at radius 2 is 1.78 bits per heavy atom. The summed E-state index contributed by atoms with van der Waals surface area (Å²) >= 11 is 5.89. The molecule has 228 valence electrons. The number of hydrogen-bond acceptors (Lipinski definition) is 6. The molecule has 1 N–H and O–H groups in total. The van der Waals surface area contributed by atoms with Crippen molar-refractivity contribution in [3.05, 3.63) is 112 Å². The van der Waals surface area contributed by atoms with E-state index in [9.17, 15) is 18.7 Å². The number of halogens is 4. The highest BCUT2D eigenvalue weighted by Gasteiger charge is 2.23. The predicted octanol–water partition coefficient (Wildman–Crippen LogP) is 7.57. The molecule has 7 rings (SSSR count). The van der Waals surface area contributed by atoms with Gasteiger partial charge in [0.25, 0.3) is 5.88 Å². The van der Waals surface area contributed by atoms with Gasteiger partial charge >= 0.3 is 5.97 Å². The summed E-state index contributed by atoms with van der Waals surface area (Å²) in [6, 6.07) is 15.9. The van der Waals surface area contributed by atoms with Crippen molar-refractivity contribution in [2.45, 2.75) is 32.1 Å². The molecule has 0 saturated carbocycles. The average Bonchev–Trinajstić information content (AvgIpc) is 3.56. The molecule has 1 aliphatic heterocycles. The number of furan rings is 1. The molecule has 1 aliphatic rings. The first-order valence-corrected chi connectivity index (χ1v) is 14.4. The molecular weight excluding hydrogens is 611 g/mol. The van der Waals surface area contributed by atoms with E-state index in [-0.39, 0.29) is 52.5 Å². The summed E-state index contributed by atoms with van der Waals surface area (Å²) in [5.41, 5.74) is 3.02. The Labute approximate surface area is 258 Å². The highest BCUT2D eigenvalue weighted by molar-refractivity contribution is 6.29. The molecule has 0 radical (unpaired) electrons. The summed E-state index contributed by atoms with van der Waals surface area (Å²) in [6.45, 7) is 0.942. The van der Waals surface area contributed by atoms with Gasteiger partial charge in [0.05, 0.1) is 40.3 Å². The molecule has 3 aromatic heterocycles. The molecule has 8 nitrogen and oxygen atoms in total. The molecule has 12 heteroatoms. The van der Waals surface area contributed by atoms with E-state index in [4.69, 9.17) is 25.5 Å². The van der Waals surface area contributed by atoms with E-state index in [2.05, 4.69) is 9.97 Å². The first-order chi connectivity index (χ1) is 21.7. The van der Waals surface area contributed by atoms with Gasteiger partial charge in [0.15, 0.2) is 11.0 Å². The second kappa shape index (κ2) is 11.6. The number of fused-ring (bicyclic) bond motifs is 2. The summed E-state index contributed by atoms with van der Waals surface area (Å²) in [4.78, 5) is 20.5. The van der Waals surface area contributed by atoms with Crippen molar-refractivity contribution in [3.8, 4) is 17.1 Å². The van der Waals surface area contributed by atoms with Gasteiger partial charge in [-0.1, -0.05) is 12.1 Å². The zero-order valence-electron chi connectivity index (χ0n) is 23.4. The minimum atomic E-state index is -1.05. The van der Waals surface area contributed by atoms with Crippen LogP contribution in [0, 0.1) is 17.5 Å². The van der Waals surface area contributed by atoms with Crippen molar-refractivity contribution < 1.29 is 37.0 Å². The number of rotatable bonds is 9. The Balaban J connectivity index is 1.14. The SMILES string of the molecule is O=C(O)c1ccc2nc(Cc3ccc(-c4ccc(F)c(OCc5ccc(F)c6cc(Cl)oc56)n4)cc3F)n(C[C@@H]3CCO3)c2c1. The average molecular weight is 634 g/mol. The molecule has 0 spiro atoms. The van der Waals surface area contributed by atoms with Crippen LogP contribution in [0.25, 0.3) is 33.3 Å². The fourth-order valence-corrected chi connectivity index (χ4v) is 5.54. The first kappa shape index (κ1) is 28.9. The first-order valence-electron chi connectivity index (χ1n) is 14.0. The number of carboxylic acid groups (broad SMARTS) is 1. The summed E-state index contributed by atoms with van der Waals surface area (Å²) in [5, 5.41) is 9.66. The molecular formula is C33H23ClF3N3O5. The van der Waals surface area contributed by atoms with E-state index in [0.717, 1.165) is 6.42 Å². The number of aromatic carboxylic acids is 1. The lowest BCUT2D eigenvalue weighted by Crippen LogP contribution is -2.31. The summed E-state index contributed by atoms with van der Waals surface area (Å²) in [6.07, 6.45) is 0.973. The third kappa shape index (κ3) is 5.60. The molecule has 1 saturated heterocycles. The maximum absolute atomic E-state index is 15.5. The van der Waals surface area contributed by atoms with Crippen LogP contribution in [-0.2, 0) is 24.3 Å². The van der Waals surface area contributed by atoms with Gasteiger partial charge in [0.1, 0.15) is 29.6 Å². The fraction of sp³-hybridized carbons (Fsp3) is 0.182. The Bertz CT molecular complexity index is 2110. The molecule has 0 aliphatic carbocycles. The van der Waals surface area contributed by atoms with Crippen LogP contribution in [0.4, 0.5) is 13.2 Å². The molecule has 1 fully saturated rings. The van der Waals surface area contributed by atoms with Crippen molar-refractivity contribution in [1.29, 1.82) is 0 Å². The number of aromatic nitrogens is 3. The van der Waals surface area contributed by atoms with Gasteiger partial charge < -0.3 is 23.6 Å². The third-order valence-corrected chi connectivity index (χ3v) is 8.00. The zero-order valence-corrected chi connectivity index (χ0v) is 24.2. The van der Waals surface area contributed by atoms with Gasteiger partial charge in [-0.2, -0.15) is 0 Å². The highest BCUT2D eigenvalue weighted by Crippen LogP contribution is 2.31. The van der Waals surface area contributed by atoms with Gasteiger partial charge in [-0.15, -0.1) is 0 Å². The topological polar surface area (TPSA) is 99.6 Å². The van der Waals surface area contributed by atoms with E-state index in [1.807, 2.05) is 4.57 Å². The lowest BCUT2D eigenvalue weighted by molar-refractivity contribution is -0.0589. The van der Waals surface area contributed by atoms with Crippen LogP contribution in [0.15, 0.2) is 71.1 Å². The van der Waals surface area contributed by atoms with Crippen molar-refractivity contribution in [2.75, 3.05) is 6.61 Å². The number of nitrogens with zero attached hydrogens (tertiary/aromatic N) is 3. The van der Waals surface area contributed by atoms with Crippen molar-refractivity contribution in [3.63, 3.8) is 0 Å². The smallest absolute Gasteiger partial charge is 0.335 e. The van der Waals surface area contributed by atoms with Gasteiger partial charge in [0.2, 0.25) is 0 Å². The van der Waals surface area contributed by atoms with E-state index in [0.29, 0.717) is 46.7 Å². The molecule has 1 atom stereocenters. The van der Waals surface area contributed by atoms with E-state index >= 15 is 4.39 Å². The summed E-state index contributed by atoms with van der Waals surface area (Å²) in [5.74, 6) is -2.57. The maximum Gasteiger partial charge on any atom is 0.335 e. The van der Waals surface area contributed by atoms with Crippen LogP contribution in [0.5, 0.6) is 5.88 Å². The molecule has 0 amide bonds. The number of carboxylic acids is 1. The molecule has 45 heavy (non-hydrogen) atoms. The van der Waals surface area contributed by atoms with Crippen LogP contribution >= 0.6 is 11.6 Å². The number of benzene rings is 3. The quantitative estimate of drug-likeness (QED) is 0.175. The fourth-order valence-electron chi connectivity index (χ4n) is 5.36. The molecule has 6 aromatic rings. The normalized spacial score (nSPS) is 14.6. The lowest BCUT2D eigenvalue weighted by Gasteiger charge is -2.27. The largest absolute Gasteiger partial charge is 0.478 e. The van der Waals surface area contributed by atoms with Crippen LogP contribution < -0.4 is 4.74 Å². The van der Waals surface area contributed by atoms with Crippen molar-refractivity contribution in [2.24, 2.45) is 0 Å². The molecule has 3 aromatic carbocycles. The molecule has 0 unspecified atom stereocenters. The summed E-state index contributed by atoms with van der Waals surface area (Å²) < 4.78 is 62.8. The van der Waals surface area contributed by atoms with Gasteiger partial charge in [-0.05, 0) is 72.1 Å². The number of imidazole rings is 1. The standard InChI is InChI=1S/C33H23ClF3N3O5/c34-29-14-22-23(35)5-3-20(31(22)45-29)16-44-32-24(36)6-8-26(39-32)18-2-1-17(25(37)11-18)13-30-38-27-7-4-19(33(41)42)12-28(27)40(30)15-21-9-10-43-21/h1-8,11-12,14,21H,9-10,13,15-16H2,(H,41,42)/t21-/m0/s1. The van der Waals surface area contributed by atoms with Crippen LogP contribution in [-0.4, -0.2) is 38.3 Å². The Morgan fingerprint density at radius 1 is 0.978 bits per heavy atom. The summed E-state index contributed by atoms with van der Waals surface area (Å²) in [7, 11) is 0. The van der Waals surface area contributed by atoms with Gasteiger partial charge in [0, 0.05) is 30.2 Å². The lowest BCUT2D eigenvalue weighted by atomic mass is 10.0.